The maximum Gasteiger partial charge on any atom is 0.420 e. The SMILES string of the molecule is COCC(C)N(C)c1ncc(N)cc1C(F)(F)F. The Morgan fingerprint density at radius 2 is 2.11 bits per heavy atom. The molecule has 0 saturated carbocycles. The van der Waals surface area contributed by atoms with Crippen LogP contribution in [0.2, 0.25) is 0 Å². The van der Waals surface area contributed by atoms with E-state index in [1.807, 2.05) is 0 Å². The zero-order chi connectivity index (χ0) is 13.9. The molecule has 0 aromatic carbocycles. The third-order valence-corrected chi connectivity index (χ3v) is 2.60. The van der Waals surface area contributed by atoms with E-state index in [1.165, 1.54) is 25.3 Å². The fourth-order valence-electron chi connectivity index (χ4n) is 1.53. The third-order valence-electron chi connectivity index (χ3n) is 2.60. The number of pyridine rings is 1. The lowest BCUT2D eigenvalue weighted by atomic mass is 10.2. The fourth-order valence-corrected chi connectivity index (χ4v) is 1.53. The van der Waals surface area contributed by atoms with Gasteiger partial charge in [-0.05, 0) is 13.0 Å². The molecule has 18 heavy (non-hydrogen) atoms. The van der Waals surface area contributed by atoms with Crippen molar-refractivity contribution in [1.29, 1.82) is 0 Å². The van der Waals surface area contributed by atoms with Crippen molar-refractivity contribution >= 4 is 11.5 Å². The van der Waals surface area contributed by atoms with Gasteiger partial charge in [-0.1, -0.05) is 0 Å². The Hall–Kier alpha value is -1.50. The molecule has 102 valence electrons. The van der Waals surface area contributed by atoms with Crippen LogP contribution in [0, 0.1) is 0 Å². The Labute approximate surface area is 104 Å². The molecule has 7 heteroatoms. The molecular weight excluding hydrogens is 247 g/mol. The molecule has 0 radical (unpaired) electrons. The third kappa shape index (κ3) is 3.25. The minimum absolute atomic E-state index is 0.0149. The van der Waals surface area contributed by atoms with Gasteiger partial charge in [0.15, 0.2) is 0 Å². The molecule has 2 N–H and O–H groups in total. The van der Waals surface area contributed by atoms with E-state index in [2.05, 4.69) is 4.98 Å². The number of rotatable bonds is 4. The van der Waals surface area contributed by atoms with E-state index < -0.39 is 11.7 Å². The quantitative estimate of drug-likeness (QED) is 0.904. The van der Waals surface area contributed by atoms with E-state index >= 15 is 0 Å². The number of anilines is 2. The molecule has 4 nitrogen and oxygen atoms in total. The average Bonchev–Trinajstić information content (AvgIpc) is 2.27. The Kier molecular flexibility index (Phi) is 4.39. The van der Waals surface area contributed by atoms with Gasteiger partial charge >= 0.3 is 6.18 Å². The molecule has 0 aliphatic rings. The van der Waals surface area contributed by atoms with Crippen molar-refractivity contribution in [3.8, 4) is 0 Å². The minimum atomic E-state index is -4.49. The number of likely N-dealkylation sites (N-methyl/N-ethyl adjacent to an activating group) is 1. The number of hydrogen-bond acceptors (Lipinski definition) is 4. The van der Waals surface area contributed by atoms with Crippen LogP contribution in [0.3, 0.4) is 0 Å². The van der Waals surface area contributed by atoms with Crippen LogP contribution in [-0.4, -0.2) is 31.8 Å². The first-order valence-corrected chi connectivity index (χ1v) is 5.31. The van der Waals surface area contributed by atoms with Gasteiger partial charge in [0.25, 0.3) is 0 Å². The van der Waals surface area contributed by atoms with Crippen LogP contribution < -0.4 is 10.6 Å². The van der Waals surface area contributed by atoms with Gasteiger partial charge in [0.2, 0.25) is 0 Å². The highest BCUT2D eigenvalue weighted by Crippen LogP contribution is 2.36. The Morgan fingerprint density at radius 3 is 2.61 bits per heavy atom. The maximum atomic E-state index is 12.9. The number of ether oxygens (including phenoxy) is 1. The largest absolute Gasteiger partial charge is 0.420 e. The summed E-state index contributed by atoms with van der Waals surface area (Å²) in [5.41, 5.74) is 4.50. The molecular formula is C11H16F3N3O. The highest BCUT2D eigenvalue weighted by molar-refractivity contribution is 5.54. The summed E-state index contributed by atoms with van der Waals surface area (Å²) in [7, 11) is 3.03. The summed E-state index contributed by atoms with van der Waals surface area (Å²) in [6, 6.07) is 0.658. The Bertz CT molecular complexity index is 409. The summed E-state index contributed by atoms with van der Waals surface area (Å²) >= 11 is 0. The predicted octanol–water partition coefficient (Wildman–Crippen LogP) is 2.15. The van der Waals surface area contributed by atoms with Gasteiger partial charge in [-0.25, -0.2) is 4.98 Å². The Balaban J connectivity index is 3.15. The van der Waals surface area contributed by atoms with Gasteiger partial charge in [0, 0.05) is 14.2 Å². The normalized spacial score (nSPS) is 13.4. The van der Waals surface area contributed by atoms with Gasteiger partial charge in [-0.2, -0.15) is 13.2 Å². The number of nitrogens with zero attached hydrogens (tertiary/aromatic N) is 2. The maximum absolute atomic E-state index is 12.9. The van der Waals surface area contributed by atoms with Crippen molar-refractivity contribution in [3.05, 3.63) is 17.8 Å². The molecule has 0 aliphatic heterocycles. The first-order chi connectivity index (χ1) is 8.27. The van der Waals surface area contributed by atoms with Gasteiger partial charge < -0.3 is 15.4 Å². The lowest BCUT2D eigenvalue weighted by Crippen LogP contribution is -2.34. The van der Waals surface area contributed by atoms with E-state index in [9.17, 15) is 13.2 Å². The van der Waals surface area contributed by atoms with Crippen molar-refractivity contribution in [2.24, 2.45) is 0 Å². The van der Waals surface area contributed by atoms with Crippen LogP contribution in [0.25, 0.3) is 0 Å². The van der Waals surface area contributed by atoms with Crippen molar-refractivity contribution in [2.75, 3.05) is 31.4 Å². The number of methoxy groups -OCH3 is 1. The van der Waals surface area contributed by atoms with E-state index in [0.29, 0.717) is 6.61 Å². The molecule has 0 bridgehead atoms. The molecule has 1 atom stereocenters. The first kappa shape index (κ1) is 14.6. The number of halogens is 3. The second kappa shape index (κ2) is 5.43. The van der Waals surface area contributed by atoms with Crippen molar-refractivity contribution in [1.82, 2.24) is 4.98 Å². The number of aromatic nitrogens is 1. The molecule has 1 aromatic rings. The molecule has 0 amide bonds. The first-order valence-electron chi connectivity index (χ1n) is 5.31. The minimum Gasteiger partial charge on any atom is -0.397 e. The van der Waals surface area contributed by atoms with E-state index in [-0.39, 0.29) is 17.5 Å². The Morgan fingerprint density at radius 1 is 1.50 bits per heavy atom. The average molecular weight is 263 g/mol. The number of nitrogens with two attached hydrogens (primary N) is 1. The number of alkyl halides is 3. The van der Waals surface area contributed by atoms with Crippen LogP contribution in [0.15, 0.2) is 12.3 Å². The zero-order valence-corrected chi connectivity index (χ0v) is 10.5. The van der Waals surface area contributed by atoms with Crippen LogP contribution in [-0.2, 0) is 10.9 Å². The molecule has 1 heterocycles. The van der Waals surface area contributed by atoms with Gasteiger partial charge in [-0.3, -0.25) is 0 Å². The highest BCUT2D eigenvalue weighted by atomic mass is 19.4. The summed E-state index contributed by atoms with van der Waals surface area (Å²) in [5, 5.41) is 0. The molecule has 0 saturated heterocycles. The molecule has 0 aliphatic carbocycles. The fraction of sp³-hybridized carbons (Fsp3) is 0.545. The summed E-state index contributed by atoms with van der Waals surface area (Å²) in [5.74, 6) is -0.152. The van der Waals surface area contributed by atoms with E-state index in [4.69, 9.17) is 10.5 Å². The highest BCUT2D eigenvalue weighted by Gasteiger charge is 2.36. The van der Waals surface area contributed by atoms with Crippen molar-refractivity contribution in [3.63, 3.8) is 0 Å². The molecule has 1 unspecified atom stereocenters. The van der Waals surface area contributed by atoms with Gasteiger partial charge in [0.1, 0.15) is 11.4 Å². The van der Waals surface area contributed by atoms with Crippen molar-refractivity contribution in [2.45, 2.75) is 19.1 Å². The second-order valence-corrected chi connectivity index (χ2v) is 4.05. The van der Waals surface area contributed by atoms with E-state index in [0.717, 1.165) is 6.07 Å². The summed E-state index contributed by atoms with van der Waals surface area (Å²) in [6.45, 7) is 2.06. The van der Waals surface area contributed by atoms with Crippen LogP contribution >= 0.6 is 0 Å². The lowest BCUT2D eigenvalue weighted by molar-refractivity contribution is -0.137. The van der Waals surface area contributed by atoms with Crippen LogP contribution in [0.5, 0.6) is 0 Å². The monoisotopic (exact) mass is 263 g/mol. The summed E-state index contributed by atoms with van der Waals surface area (Å²) in [6.07, 6.45) is -3.28. The second-order valence-electron chi connectivity index (χ2n) is 4.05. The zero-order valence-electron chi connectivity index (χ0n) is 10.5. The van der Waals surface area contributed by atoms with E-state index in [1.54, 1.807) is 6.92 Å². The summed E-state index contributed by atoms with van der Waals surface area (Å²) in [4.78, 5) is 5.20. The van der Waals surface area contributed by atoms with Crippen LogP contribution in [0.4, 0.5) is 24.7 Å². The summed E-state index contributed by atoms with van der Waals surface area (Å²) < 4.78 is 43.6. The standard InChI is InChI=1S/C11H16F3N3O/c1-7(6-18-3)17(2)10-9(11(12,13)14)4-8(15)5-16-10/h4-5,7H,6,15H2,1-3H3. The molecule has 1 aromatic heterocycles. The van der Waals surface area contributed by atoms with Gasteiger partial charge in [-0.15, -0.1) is 0 Å². The molecule has 0 spiro atoms. The number of nitrogen functional groups attached to an aromatic ring is 1. The molecule has 1 rings (SSSR count). The predicted molar refractivity (Wildman–Crippen MR) is 63.4 cm³/mol. The molecule has 0 fully saturated rings. The van der Waals surface area contributed by atoms with Crippen LogP contribution in [0.1, 0.15) is 12.5 Å². The topological polar surface area (TPSA) is 51.4 Å². The van der Waals surface area contributed by atoms with Gasteiger partial charge in [0.05, 0.1) is 24.5 Å². The van der Waals surface area contributed by atoms with Crippen molar-refractivity contribution < 1.29 is 17.9 Å². The number of hydrogen-bond donors (Lipinski definition) is 1. The lowest BCUT2D eigenvalue weighted by Gasteiger charge is -2.27. The smallest absolute Gasteiger partial charge is 0.397 e.